The number of amides is 1. The van der Waals surface area contributed by atoms with E-state index in [0.717, 1.165) is 17.7 Å². The van der Waals surface area contributed by atoms with Gasteiger partial charge >= 0.3 is 0 Å². The van der Waals surface area contributed by atoms with Crippen molar-refractivity contribution in [1.82, 2.24) is 9.55 Å². The van der Waals surface area contributed by atoms with Gasteiger partial charge in [-0.1, -0.05) is 29.8 Å². The molecule has 30 heavy (non-hydrogen) atoms. The maximum Gasteiger partial charge on any atom is 0.257 e. The van der Waals surface area contributed by atoms with Crippen LogP contribution in [0.5, 0.6) is 0 Å². The second-order valence-corrected chi connectivity index (χ2v) is 7.73. The number of para-hydroxylation sites is 1. The van der Waals surface area contributed by atoms with E-state index in [0.29, 0.717) is 34.2 Å². The Labute approximate surface area is 179 Å². The third kappa shape index (κ3) is 3.76. The molecule has 0 fully saturated rings. The van der Waals surface area contributed by atoms with Gasteiger partial charge < -0.3 is 10.0 Å². The number of nitrogens with zero attached hydrogens (tertiary/aromatic N) is 3. The van der Waals surface area contributed by atoms with E-state index in [2.05, 4.69) is 4.98 Å². The van der Waals surface area contributed by atoms with Crippen LogP contribution in [0.2, 0.25) is 5.02 Å². The number of halogens is 1. The van der Waals surface area contributed by atoms with E-state index >= 15 is 0 Å². The van der Waals surface area contributed by atoms with Gasteiger partial charge in [0, 0.05) is 47.1 Å². The van der Waals surface area contributed by atoms with Gasteiger partial charge in [0.05, 0.1) is 0 Å². The SMILES string of the molecule is Cc1nc(-c2ccc(Cl)cc2)n(CC(=O)N2CCc3ccccc32)c(=O)c1CCO. The van der Waals surface area contributed by atoms with Gasteiger partial charge in [-0.25, -0.2) is 4.98 Å². The normalized spacial score (nSPS) is 12.8. The summed E-state index contributed by atoms with van der Waals surface area (Å²) in [5.74, 6) is 0.245. The summed E-state index contributed by atoms with van der Waals surface area (Å²) in [4.78, 5) is 32.8. The highest BCUT2D eigenvalue weighted by Crippen LogP contribution is 2.28. The summed E-state index contributed by atoms with van der Waals surface area (Å²) in [6.45, 7) is 2.04. The van der Waals surface area contributed by atoms with E-state index in [-0.39, 0.29) is 31.0 Å². The molecule has 0 unspecified atom stereocenters. The number of benzene rings is 2. The van der Waals surface area contributed by atoms with Crippen molar-refractivity contribution in [2.45, 2.75) is 26.3 Å². The lowest BCUT2D eigenvalue weighted by Gasteiger charge is -2.20. The maximum absolute atomic E-state index is 13.3. The minimum atomic E-state index is -0.303. The fourth-order valence-electron chi connectivity index (χ4n) is 3.88. The zero-order chi connectivity index (χ0) is 21.3. The molecule has 4 rings (SSSR count). The molecule has 0 bridgehead atoms. The van der Waals surface area contributed by atoms with Gasteiger partial charge in [0.1, 0.15) is 12.4 Å². The van der Waals surface area contributed by atoms with Crippen molar-refractivity contribution in [3.63, 3.8) is 0 Å². The van der Waals surface area contributed by atoms with Crippen LogP contribution in [-0.4, -0.2) is 33.7 Å². The highest BCUT2D eigenvalue weighted by Gasteiger charge is 2.26. The highest BCUT2D eigenvalue weighted by atomic mass is 35.5. The number of aryl methyl sites for hydroxylation is 1. The van der Waals surface area contributed by atoms with Crippen LogP contribution in [0.15, 0.2) is 53.3 Å². The molecule has 7 heteroatoms. The van der Waals surface area contributed by atoms with E-state index in [1.807, 2.05) is 24.3 Å². The number of carbonyl (C=O) groups is 1. The Morgan fingerprint density at radius 1 is 1.17 bits per heavy atom. The second kappa shape index (κ2) is 8.42. The Morgan fingerprint density at radius 3 is 2.63 bits per heavy atom. The van der Waals surface area contributed by atoms with Gasteiger partial charge in [-0.2, -0.15) is 0 Å². The van der Waals surface area contributed by atoms with Gasteiger partial charge in [0.2, 0.25) is 5.91 Å². The topological polar surface area (TPSA) is 75.4 Å². The van der Waals surface area contributed by atoms with Gasteiger partial charge in [-0.05, 0) is 49.2 Å². The second-order valence-electron chi connectivity index (χ2n) is 7.30. The zero-order valence-electron chi connectivity index (χ0n) is 16.6. The number of hydrogen-bond donors (Lipinski definition) is 1. The Balaban J connectivity index is 1.77. The molecule has 6 nitrogen and oxygen atoms in total. The van der Waals surface area contributed by atoms with Crippen LogP contribution in [0.1, 0.15) is 16.8 Å². The first-order chi connectivity index (χ1) is 14.5. The van der Waals surface area contributed by atoms with Crippen LogP contribution in [0, 0.1) is 6.92 Å². The fourth-order valence-corrected chi connectivity index (χ4v) is 4.01. The van der Waals surface area contributed by atoms with E-state index in [1.54, 1.807) is 36.1 Å². The molecule has 1 aliphatic heterocycles. The highest BCUT2D eigenvalue weighted by molar-refractivity contribution is 6.30. The van der Waals surface area contributed by atoms with Crippen molar-refractivity contribution < 1.29 is 9.90 Å². The molecule has 0 spiro atoms. The zero-order valence-corrected chi connectivity index (χ0v) is 17.4. The molecule has 2 heterocycles. The van der Waals surface area contributed by atoms with Crippen molar-refractivity contribution in [3.05, 3.63) is 80.7 Å². The third-order valence-electron chi connectivity index (χ3n) is 5.42. The van der Waals surface area contributed by atoms with Crippen molar-refractivity contribution >= 4 is 23.2 Å². The van der Waals surface area contributed by atoms with Crippen molar-refractivity contribution in [2.24, 2.45) is 0 Å². The molecule has 0 saturated heterocycles. The summed E-state index contributed by atoms with van der Waals surface area (Å²) in [6.07, 6.45) is 0.988. The van der Waals surface area contributed by atoms with Crippen LogP contribution < -0.4 is 10.5 Å². The minimum Gasteiger partial charge on any atom is -0.396 e. The Kier molecular flexibility index (Phi) is 5.70. The Morgan fingerprint density at radius 2 is 1.90 bits per heavy atom. The number of aliphatic hydroxyl groups excluding tert-OH is 1. The lowest BCUT2D eigenvalue weighted by molar-refractivity contribution is -0.119. The standard InChI is InChI=1S/C23H22ClN3O3/c1-15-19(11-13-28)23(30)27(22(25-15)17-6-8-18(24)9-7-17)14-21(29)26-12-10-16-4-2-3-5-20(16)26/h2-9,28H,10-14H2,1H3. The molecule has 154 valence electrons. The van der Waals surface area contributed by atoms with Gasteiger partial charge in [-0.3, -0.25) is 14.2 Å². The van der Waals surface area contributed by atoms with E-state index < -0.39 is 0 Å². The summed E-state index contributed by atoms with van der Waals surface area (Å²) in [5, 5.41) is 9.95. The Bertz CT molecular complexity index is 1160. The lowest BCUT2D eigenvalue weighted by Crippen LogP contribution is -2.38. The molecule has 1 amide bonds. The first kappa shape index (κ1) is 20.3. The molecule has 1 aliphatic rings. The molecule has 0 saturated carbocycles. The quantitative estimate of drug-likeness (QED) is 0.684. The molecule has 2 aromatic carbocycles. The van der Waals surface area contributed by atoms with Crippen LogP contribution >= 0.6 is 11.6 Å². The molecule has 0 atom stereocenters. The van der Waals surface area contributed by atoms with Crippen LogP contribution in [0.3, 0.4) is 0 Å². The number of carbonyl (C=O) groups excluding carboxylic acids is 1. The summed E-state index contributed by atoms with van der Waals surface area (Å²) < 4.78 is 1.41. The van der Waals surface area contributed by atoms with Crippen molar-refractivity contribution in [1.29, 1.82) is 0 Å². The molecule has 1 N–H and O–H groups in total. The maximum atomic E-state index is 13.3. The predicted octanol–water partition coefficient (Wildman–Crippen LogP) is 3.00. The van der Waals surface area contributed by atoms with E-state index in [4.69, 9.17) is 11.6 Å². The molecular formula is C23H22ClN3O3. The first-order valence-electron chi connectivity index (χ1n) is 9.85. The van der Waals surface area contributed by atoms with Crippen molar-refractivity contribution in [3.8, 4) is 11.4 Å². The molecular weight excluding hydrogens is 402 g/mol. The molecule has 1 aromatic heterocycles. The Hall–Kier alpha value is -2.96. The molecule has 0 aliphatic carbocycles. The first-order valence-corrected chi connectivity index (χ1v) is 10.2. The minimum absolute atomic E-state index is 0.128. The van der Waals surface area contributed by atoms with Crippen LogP contribution in [0.4, 0.5) is 5.69 Å². The van der Waals surface area contributed by atoms with Gasteiger partial charge in [-0.15, -0.1) is 0 Å². The third-order valence-corrected chi connectivity index (χ3v) is 5.67. The monoisotopic (exact) mass is 423 g/mol. The average Bonchev–Trinajstić information content (AvgIpc) is 3.18. The fraction of sp³-hybridized carbons (Fsp3) is 0.261. The lowest BCUT2D eigenvalue weighted by atomic mass is 10.1. The summed E-state index contributed by atoms with van der Waals surface area (Å²) in [6, 6.07) is 14.8. The number of anilines is 1. The number of aliphatic hydroxyl groups is 1. The summed E-state index contributed by atoms with van der Waals surface area (Å²) >= 11 is 6.01. The smallest absolute Gasteiger partial charge is 0.257 e. The van der Waals surface area contributed by atoms with Crippen molar-refractivity contribution in [2.75, 3.05) is 18.1 Å². The average molecular weight is 424 g/mol. The van der Waals surface area contributed by atoms with Gasteiger partial charge in [0.15, 0.2) is 0 Å². The summed E-state index contributed by atoms with van der Waals surface area (Å²) in [7, 11) is 0. The van der Waals surface area contributed by atoms with Crippen LogP contribution in [-0.2, 0) is 24.2 Å². The number of hydrogen-bond acceptors (Lipinski definition) is 4. The van der Waals surface area contributed by atoms with Crippen LogP contribution in [0.25, 0.3) is 11.4 Å². The van der Waals surface area contributed by atoms with Gasteiger partial charge in [0.25, 0.3) is 5.56 Å². The van der Waals surface area contributed by atoms with E-state index in [1.165, 1.54) is 4.57 Å². The number of aromatic nitrogens is 2. The molecule has 0 radical (unpaired) electrons. The number of rotatable bonds is 5. The largest absolute Gasteiger partial charge is 0.396 e. The predicted molar refractivity (Wildman–Crippen MR) is 117 cm³/mol. The number of fused-ring (bicyclic) bond motifs is 1. The summed E-state index contributed by atoms with van der Waals surface area (Å²) in [5.41, 5.74) is 3.38. The molecule has 3 aromatic rings. The van der Waals surface area contributed by atoms with E-state index in [9.17, 15) is 14.7 Å².